The molecule has 1 aromatic rings. The van der Waals surface area contributed by atoms with E-state index in [9.17, 15) is 4.79 Å². The van der Waals surface area contributed by atoms with E-state index in [0.29, 0.717) is 11.9 Å². The maximum Gasteiger partial charge on any atom is 0.223 e. The van der Waals surface area contributed by atoms with E-state index in [1.165, 1.54) is 16.8 Å². The summed E-state index contributed by atoms with van der Waals surface area (Å²) in [5.74, 6) is 0.321. The quantitative estimate of drug-likeness (QED) is 0.824. The zero-order valence-corrected chi connectivity index (χ0v) is 11.1. The fourth-order valence-electron chi connectivity index (χ4n) is 3.23. The molecule has 1 saturated heterocycles. The summed E-state index contributed by atoms with van der Waals surface area (Å²) in [6, 6.07) is 7.09. The molecule has 0 aromatic heterocycles. The van der Waals surface area contributed by atoms with Crippen molar-refractivity contribution < 1.29 is 4.79 Å². The van der Waals surface area contributed by atoms with Gasteiger partial charge in [-0.3, -0.25) is 4.79 Å². The van der Waals surface area contributed by atoms with Crippen molar-refractivity contribution in [3.05, 3.63) is 29.3 Å². The van der Waals surface area contributed by atoms with Crippen LogP contribution in [0.2, 0.25) is 0 Å². The molecule has 0 bridgehead atoms. The molecule has 0 aliphatic carbocycles. The second-order valence-electron chi connectivity index (χ2n) is 5.53. The summed E-state index contributed by atoms with van der Waals surface area (Å²) < 4.78 is 0. The van der Waals surface area contributed by atoms with Crippen molar-refractivity contribution in [2.75, 3.05) is 11.9 Å². The highest BCUT2D eigenvalue weighted by Gasteiger charge is 2.34. The van der Waals surface area contributed by atoms with Gasteiger partial charge in [0.25, 0.3) is 0 Å². The van der Waals surface area contributed by atoms with E-state index >= 15 is 0 Å². The van der Waals surface area contributed by atoms with Crippen LogP contribution in [0.4, 0.5) is 5.69 Å². The predicted molar refractivity (Wildman–Crippen MR) is 72.6 cm³/mol. The number of para-hydroxylation sites is 1. The number of hydrogen-bond acceptors (Lipinski definition) is 2. The van der Waals surface area contributed by atoms with Crippen molar-refractivity contribution in [3.63, 3.8) is 0 Å². The smallest absolute Gasteiger partial charge is 0.223 e. The zero-order valence-electron chi connectivity index (χ0n) is 11.1. The molecule has 2 heterocycles. The number of benzene rings is 1. The molecule has 0 spiro atoms. The van der Waals surface area contributed by atoms with Gasteiger partial charge in [0.05, 0.1) is 6.04 Å². The second kappa shape index (κ2) is 4.30. The van der Waals surface area contributed by atoms with E-state index in [1.54, 1.807) is 0 Å². The van der Waals surface area contributed by atoms with Gasteiger partial charge < -0.3 is 10.2 Å². The van der Waals surface area contributed by atoms with Crippen LogP contribution < -0.4 is 5.32 Å². The van der Waals surface area contributed by atoms with Crippen molar-refractivity contribution >= 4 is 11.6 Å². The number of fused-ring (bicyclic) bond motifs is 1. The van der Waals surface area contributed by atoms with E-state index < -0.39 is 0 Å². The molecule has 3 rings (SSSR count). The summed E-state index contributed by atoms with van der Waals surface area (Å²) in [7, 11) is 0. The molecule has 2 atom stereocenters. The number of carbonyl (C=O) groups is 1. The topological polar surface area (TPSA) is 32.3 Å². The van der Waals surface area contributed by atoms with Gasteiger partial charge in [0.2, 0.25) is 5.91 Å². The average molecular weight is 244 g/mol. The molecule has 1 N–H and O–H groups in total. The lowest BCUT2D eigenvalue weighted by atomic mass is 9.90. The minimum atomic E-state index is 0.270. The van der Waals surface area contributed by atoms with Gasteiger partial charge in [0, 0.05) is 24.7 Å². The van der Waals surface area contributed by atoms with Crippen LogP contribution >= 0.6 is 0 Å². The molecule has 3 nitrogen and oxygen atoms in total. The van der Waals surface area contributed by atoms with Crippen LogP contribution in [0, 0.1) is 6.92 Å². The Bertz CT molecular complexity index is 483. The summed E-state index contributed by atoms with van der Waals surface area (Å²) in [5, 5.41) is 3.56. The predicted octanol–water partition coefficient (Wildman–Crippen LogP) is 2.86. The fraction of sp³-hybridized carbons (Fsp3) is 0.533. The Morgan fingerprint density at radius 3 is 2.94 bits per heavy atom. The lowest BCUT2D eigenvalue weighted by Gasteiger charge is -2.37. The Kier molecular flexibility index (Phi) is 2.77. The zero-order chi connectivity index (χ0) is 12.7. The van der Waals surface area contributed by atoms with Crippen LogP contribution in [0.1, 0.15) is 43.4 Å². The molecule has 0 radical (unpaired) electrons. The fourth-order valence-corrected chi connectivity index (χ4v) is 3.23. The summed E-state index contributed by atoms with van der Waals surface area (Å²) >= 11 is 0. The van der Waals surface area contributed by atoms with Gasteiger partial charge in [-0.2, -0.15) is 0 Å². The molecular formula is C15H20N2O. The van der Waals surface area contributed by atoms with Gasteiger partial charge in [0.1, 0.15) is 0 Å². The van der Waals surface area contributed by atoms with Crippen LogP contribution in [-0.4, -0.2) is 23.4 Å². The first kappa shape index (κ1) is 11.6. The summed E-state index contributed by atoms with van der Waals surface area (Å²) in [5.41, 5.74) is 3.81. The first-order valence-electron chi connectivity index (χ1n) is 6.82. The van der Waals surface area contributed by atoms with E-state index in [1.807, 2.05) is 0 Å². The van der Waals surface area contributed by atoms with Crippen molar-refractivity contribution in [1.82, 2.24) is 4.90 Å². The van der Waals surface area contributed by atoms with Crippen molar-refractivity contribution in [2.45, 2.75) is 45.2 Å². The van der Waals surface area contributed by atoms with E-state index in [0.717, 1.165) is 25.8 Å². The van der Waals surface area contributed by atoms with Gasteiger partial charge in [-0.05, 0) is 37.8 Å². The molecule has 18 heavy (non-hydrogen) atoms. The van der Waals surface area contributed by atoms with Gasteiger partial charge in [-0.1, -0.05) is 18.2 Å². The molecule has 0 unspecified atom stereocenters. The lowest BCUT2D eigenvalue weighted by molar-refractivity contribution is -0.130. The molecule has 1 amide bonds. The van der Waals surface area contributed by atoms with Gasteiger partial charge in [-0.15, -0.1) is 0 Å². The van der Waals surface area contributed by atoms with Crippen LogP contribution in [0.3, 0.4) is 0 Å². The van der Waals surface area contributed by atoms with Crippen molar-refractivity contribution in [3.8, 4) is 0 Å². The molecule has 3 heteroatoms. The third kappa shape index (κ3) is 1.78. The second-order valence-corrected chi connectivity index (χ2v) is 5.53. The molecule has 0 saturated carbocycles. The summed E-state index contributed by atoms with van der Waals surface area (Å²) in [6.45, 7) is 5.25. The number of aryl methyl sites for hydroxylation is 1. The highest BCUT2D eigenvalue weighted by Crippen LogP contribution is 2.39. The highest BCUT2D eigenvalue weighted by molar-refractivity contribution is 5.79. The Morgan fingerprint density at radius 2 is 2.22 bits per heavy atom. The van der Waals surface area contributed by atoms with E-state index in [-0.39, 0.29) is 6.04 Å². The molecular weight excluding hydrogens is 224 g/mol. The largest absolute Gasteiger partial charge is 0.382 e. The highest BCUT2D eigenvalue weighted by atomic mass is 16.2. The standard InChI is InChI=1S/C15H20N2O/c1-10-5-3-6-12-13(9-11(2)16-15(10)12)17-8-4-7-14(17)18/h3,5-6,11,13,16H,4,7-9H2,1-2H3/t11-,13+/m1/s1. The Hall–Kier alpha value is -1.51. The van der Waals surface area contributed by atoms with E-state index in [2.05, 4.69) is 42.3 Å². The first-order chi connectivity index (χ1) is 8.66. The Balaban J connectivity index is 2.02. The van der Waals surface area contributed by atoms with Crippen LogP contribution in [0.25, 0.3) is 0 Å². The molecule has 1 aromatic carbocycles. The summed E-state index contributed by atoms with van der Waals surface area (Å²) in [6.07, 6.45) is 2.75. The lowest BCUT2D eigenvalue weighted by Crippen LogP contribution is -2.37. The number of likely N-dealkylation sites (tertiary alicyclic amines) is 1. The molecule has 1 fully saturated rings. The van der Waals surface area contributed by atoms with Crippen LogP contribution in [0.15, 0.2) is 18.2 Å². The van der Waals surface area contributed by atoms with Crippen molar-refractivity contribution in [1.29, 1.82) is 0 Å². The SMILES string of the molecule is Cc1cccc2c1N[C@H](C)C[C@@H]2N1CCCC1=O. The number of amides is 1. The molecule has 96 valence electrons. The minimum Gasteiger partial charge on any atom is -0.382 e. The first-order valence-corrected chi connectivity index (χ1v) is 6.82. The van der Waals surface area contributed by atoms with Gasteiger partial charge in [-0.25, -0.2) is 0 Å². The van der Waals surface area contributed by atoms with Crippen LogP contribution in [0.5, 0.6) is 0 Å². The monoisotopic (exact) mass is 244 g/mol. The average Bonchev–Trinajstić information content (AvgIpc) is 2.76. The molecule has 2 aliphatic heterocycles. The number of nitrogens with one attached hydrogen (secondary N) is 1. The van der Waals surface area contributed by atoms with E-state index in [4.69, 9.17) is 0 Å². The Morgan fingerprint density at radius 1 is 1.39 bits per heavy atom. The number of carbonyl (C=O) groups excluding carboxylic acids is 1. The van der Waals surface area contributed by atoms with Crippen LogP contribution in [-0.2, 0) is 4.79 Å². The van der Waals surface area contributed by atoms with Gasteiger partial charge >= 0.3 is 0 Å². The number of nitrogens with zero attached hydrogens (tertiary/aromatic N) is 1. The minimum absolute atomic E-state index is 0.270. The normalized spacial score (nSPS) is 27.0. The number of rotatable bonds is 1. The van der Waals surface area contributed by atoms with Gasteiger partial charge in [0.15, 0.2) is 0 Å². The number of anilines is 1. The molecule has 2 aliphatic rings. The van der Waals surface area contributed by atoms with Crippen molar-refractivity contribution in [2.24, 2.45) is 0 Å². The third-order valence-electron chi connectivity index (χ3n) is 4.12. The third-order valence-corrected chi connectivity index (χ3v) is 4.12. The number of hydrogen-bond donors (Lipinski definition) is 1. The Labute approximate surface area is 108 Å². The maximum atomic E-state index is 12.0. The maximum absolute atomic E-state index is 12.0. The summed E-state index contributed by atoms with van der Waals surface area (Å²) in [4.78, 5) is 14.1.